The van der Waals surface area contributed by atoms with Crippen molar-refractivity contribution in [1.29, 1.82) is 0 Å². The molecule has 138 valence electrons. The largest absolute Gasteiger partial charge is 0.494 e. The molecular formula is C20H19FN4O2. The van der Waals surface area contributed by atoms with Gasteiger partial charge in [-0.1, -0.05) is 19.1 Å². The van der Waals surface area contributed by atoms with E-state index in [1.807, 2.05) is 31.2 Å². The van der Waals surface area contributed by atoms with Crippen molar-refractivity contribution in [3.8, 4) is 17.0 Å². The first-order valence-corrected chi connectivity index (χ1v) is 8.53. The molecular weight excluding hydrogens is 347 g/mol. The van der Waals surface area contributed by atoms with Gasteiger partial charge < -0.3 is 4.74 Å². The van der Waals surface area contributed by atoms with Crippen LogP contribution in [0.25, 0.3) is 11.3 Å². The molecule has 0 unspecified atom stereocenters. The normalized spacial score (nSPS) is 10.9. The van der Waals surface area contributed by atoms with Gasteiger partial charge in [0, 0.05) is 5.56 Å². The van der Waals surface area contributed by atoms with Gasteiger partial charge >= 0.3 is 0 Å². The van der Waals surface area contributed by atoms with E-state index >= 15 is 0 Å². The number of hydrazone groups is 1. The van der Waals surface area contributed by atoms with Crippen LogP contribution in [0, 0.1) is 5.82 Å². The lowest BCUT2D eigenvalue weighted by atomic mass is 10.1. The summed E-state index contributed by atoms with van der Waals surface area (Å²) in [5.74, 6) is 0.0466. The molecule has 1 heterocycles. The fourth-order valence-electron chi connectivity index (χ4n) is 2.30. The number of amides is 1. The molecule has 0 saturated heterocycles. The van der Waals surface area contributed by atoms with Crippen molar-refractivity contribution in [3.63, 3.8) is 0 Å². The fourth-order valence-corrected chi connectivity index (χ4v) is 2.30. The summed E-state index contributed by atoms with van der Waals surface area (Å²) in [7, 11) is 0. The van der Waals surface area contributed by atoms with Crippen molar-refractivity contribution < 1.29 is 13.9 Å². The maximum atomic E-state index is 12.8. The highest BCUT2D eigenvalue weighted by atomic mass is 19.1. The van der Waals surface area contributed by atoms with Crippen molar-refractivity contribution in [2.75, 3.05) is 6.61 Å². The minimum absolute atomic E-state index is 0.285. The summed E-state index contributed by atoms with van der Waals surface area (Å²) in [4.78, 5) is 12.1. The van der Waals surface area contributed by atoms with Gasteiger partial charge in [-0.15, -0.1) is 0 Å². The zero-order valence-corrected chi connectivity index (χ0v) is 14.8. The zero-order chi connectivity index (χ0) is 19.1. The Morgan fingerprint density at radius 2 is 1.96 bits per heavy atom. The quantitative estimate of drug-likeness (QED) is 0.493. The van der Waals surface area contributed by atoms with Crippen LogP contribution in [0.1, 0.15) is 29.4 Å². The average Bonchev–Trinajstić information content (AvgIpc) is 3.18. The fraction of sp³-hybridized carbons (Fsp3) is 0.150. The summed E-state index contributed by atoms with van der Waals surface area (Å²) < 4.78 is 18.4. The molecule has 0 bridgehead atoms. The predicted molar refractivity (Wildman–Crippen MR) is 101 cm³/mol. The predicted octanol–water partition coefficient (Wildman–Crippen LogP) is 3.77. The second kappa shape index (κ2) is 8.75. The van der Waals surface area contributed by atoms with Gasteiger partial charge in [0.1, 0.15) is 17.3 Å². The number of H-pyrrole nitrogens is 1. The smallest absolute Gasteiger partial charge is 0.289 e. The third-order valence-electron chi connectivity index (χ3n) is 3.70. The highest BCUT2D eigenvalue weighted by Gasteiger charge is 2.10. The Kier molecular flexibility index (Phi) is 5.94. The van der Waals surface area contributed by atoms with E-state index in [9.17, 15) is 9.18 Å². The number of nitrogens with one attached hydrogen (secondary N) is 2. The van der Waals surface area contributed by atoms with Crippen molar-refractivity contribution >= 4 is 12.1 Å². The molecule has 1 amide bonds. The highest BCUT2D eigenvalue weighted by Crippen LogP contribution is 2.21. The van der Waals surface area contributed by atoms with E-state index < -0.39 is 5.91 Å². The van der Waals surface area contributed by atoms with Gasteiger partial charge in [-0.05, 0) is 54.4 Å². The summed E-state index contributed by atoms with van der Waals surface area (Å²) in [6.45, 7) is 2.72. The lowest BCUT2D eigenvalue weighted by molar-refractivity contribution is 0.0950. The maximum absolute atomic E-state index is 12.8. The van der Waals surface area contributed by atoms with Crippen molar-refractivity contribution in [3.05, 3.63) is 71.7 Å². The molecule has 0 aliphatic carbocycles. The summed E-state index contributed by atoms with van der Waals surface area (Å²) in [6.07, 6.45) is 2.38. The van der Waals surface area contributed by atoms with Crippen LogP contribution in [0.15, 0.2) is 59.7 Å². The molecule has 3 rings (SSSR count). The van der Waals surface area contributed by atoms with Crippen LogP contribution < -0.4 is 10.2 Å². The lowest BCUT2D eigenvalue weighted by Gasteiger charge is -2.04. The Morgan fingerprint density at radius 1 is 1.22 bits per heavy atom. The maximum Gasteiger partial charge on any atom is 0.289 e. The monoisotopic (exact) mass is 366 g/mol. The number of aromatic amines is 1. The van der Waals surface area contributed by atoms with Crippen LogP contribution in [0.5, 0.6) is 5.75 Å². The summed E-state index contributed by atoms with van der Waals surface area (Å²) in [6, 6.07) is 14.9. The molecule has 0 aliphatic rings. The number of rotatable bonds is 7. The number of ether oxygens (including phenoxy) is 1. The lowest BCUT2D eigenvalue weighted by Crippen LogP contribution is -2.17. The van der Waals surface area contributed by atoms with E-state index in [1.54, 1.807) is 18.2 Å². The van der Waals surface area contributed by atoms with Crippen molar-refractivity contribution in [2.24, 2.45) is 5.10 Å². The topological polar surface area (TPSA) is 79.4 Å². The van der Waals surface area contributed by atoms with Gasteiger partial charge in [0.2, 0.25) is 0 Å². The molecule has 1 aromatic heterocycles. The molecule has 2 aromatic carbocycles. The molecule has 0 saturated carbocycles. The van der Waals surface area contributed by atoms with Gasteiger partial charge in [0.05, 0.1) is 18.5 Å². The van der Waals surface area contributed by atoms with Gasteiger partial charge in [-0.25, -0.2) is 9.82 Å². The van der Waals surface area contributed by atoms with E-state index in [-0.39, 0.29) is 11.5 Å². The molecule has 0 spiro atoms. The Balaban J connectivity index is 1.61. The van der Waals surface area contributed by atoms with Crippen LogP contribution in [0.4, 0.5) is 4.39 Å². The number of hydrogen-bond acceptors (Lipinski definition) is 4. The van der Waals surface area contributed by atoms with Crippen LogP contribution in [-0.4, -0.2) is 28.9 Å². The molecule has 6 nitrogen and oxygen atoms in total. The molecule has 7 heteroatoms. The first-order valence-electron chi connectivity index (χ1n) is 8.53. The number of aromatic nitrogens is 2. The van der Waals surface area contributed by atoms with E-state index in [0.717, 1.165) is 17.7 Å². The van der Waals surface area contributed by atoms with Gasteiger partial charge in [0.25, 0.3) is 5.91 Å². The van der Waals surface area contributed by atoms with Gasteiger partial charge in [-0.3, -0.25) is 9.89 Å². The van der Waals surface area contributed by atoms with Gasteiger partial charge in [0.15, 0.2) is 0 Å². The molecule has 3 aromatic rings. The Labute approximate surface area is 156 Å². The molecule has 0 aliphatic heterocycles. The number of nitrogens with zero attached hydrogens (tertiary/aromatic N) is 2. The van der Waals surface area contributed by atoms with Crippen LogP contribution in [-0.2, 0) is 0 Å². The molecule has 0 fully saturated rings. The average molecular weight is 366 g/mol. The number of carbonyl (C=O) groups is 1. The number of carbonyl (C=O) groups excluding carboxylic acids is 1. The summed E-state index contributed by atoms with van der Waals surface area (Å²) in [5, 5.41) is 10.7. The van der Waals surface area contributed by atoms with Crippen LogP contribution in [0.2, 0.25) is 0 Å². The van der Waals surface area contributed by atoms with E-state index in [1.165, 1.54) is 18.3 Å². The van der Waals surface area contributed by atoms with Crippen molar-refractivity contribution in [2.45, 2.75) is 13.3 Å². The molecule has 0 atom stereocenters. The Bertz CT molecular complexity index is 918. The van der Waals surface area contributed by atoms with Crippen LogP contribution >= 0.6 is 0 Å². The number of halogens is 1. The third-order valence-corrected chi connectivity index (χ3v) is 3.70. The van der Waals surface area contributed by atoms with Gasteiger partial charge in [-0.2, -0.15) is 10.2 Å². The minimum atomic E-state index is -0.421. The second-order valence-electron chi connectivity index (χ2n) is 5.79. The molecule has 2 N–H and O–H groups in total. The SMILES string of the molecule is CCCOc1ccc(-c2cc(C(=O)N/N=C/c3ccc(F)cc3)[nH]n2)cc1. The first kappa shape index (κ1) is 18.3. The molecule has 0 radical (unpaired) electrons. The second-order valence-corrected chi connectivity index (χ2v) is 5.79. The summed E-state index contributed by atoms with van der Waals surface area (Å²) in [5.41, 5.74) is 4.87. The third kappa shape index (κ3) is 5.01. The Morgan fingerprint density at radius 3 is 2.67 bits per heavy atom. The van der Waals surface area contributed by atoms with Crippen LogP contribution in [0.3, 0.4) is 0 Å². The van der Waals surface area contributed by atoms with Crippen molar-refractivity contribution in [1.82, 2.24) is 15.6 Å². The van der Waals surface area contributed by atoms with E-state index in [0.29, 0.717) is 17.9 Å². The van der Waals surface area contributed by atoms with E-state index in [2.05, 4.69) is 20.7 Å². The molecule has 27 heavy (non-hydrogen) atoms. The Hall–Kier alpha value is -3.48. The minimum Gasteiger partial charge on any atom is -0.494 e. The zero-order valence-electron chi connectivity index (χ0n) is 14.8. The highest BCUT2D eigenvalue weighted by molar-refractivity contribution is 5.94. The van der Waals surface area contributed by atoms with E-state index in [4.69, 9.17) is 4.74 Å². The number of hydrogen-bond donors (Lipinski definition) is 2. The standard InChI is InChI=1S/C20H19FN4O2/c1-2-11-27-17-9-5-15(6-10-17)18-12-19(24-23-18)20(26)25-22-13-14-3-7-16(21)8-4-14/h3-10,12-13H,2,11H2,1H3,(H,23,24)(H,25,26)/b22-13+. The summed E-state index contributed by atoms with van der Waals surface area (Å²) >= 11 is 0. The first-order chi connectivity index (χ1) is 13.2. The number of benzene rings is 2.